The summed E-state index contributed by atoms with van der Waals surface area (Å²) in [4.78, 5) is 32.0. The summed E-state index contributed by atoms with van der Waals surface area (Å²) < 4.78 is 13.9. The van der Waals surface area contributed by atoms with Crippen molar-refractivity contribution in [3.8, 4) is 113 Å². The summed E-state index contributed by atoms with van der Waals surface area (Å²) in [6.07, 6.45) is 0. The first kappa shape index (κ1) is 80.1. The van der Waals surface area contributed by atoms with E-state index in [1.54, 1.807) is 0 Å². The second-order valence-electron chi connectivity index (χ2n) is 34.8. The molecule has 0 aliphatic carbocycles. The van der Waals surface area contributed by atoms with E-state index in [-0.39, 0.29) is 0 Å². The molecule has 0 fully saturated rings. The van der Waals surface area contributed by atoms with Gasteiger partial charge in [-0.05, 0) is 169 Å². The molecule has 0 saturated heterocycles. The van der Waals surface area contributed by atoms with Gasteiger partial charge in [-0.2, -0.15) is 0 Å². The van der Waals surface area contributed by atoms with Gasteiger partial charge in [-0.15, -0.1) is 0 Å². The lowest BCUT2D eigenvalue weighted by molar-refractivity contribution is 1.15. The summed E-state index contributed by atoms with van der Waals surface area (Å²) in [7, 11) is 0. The van der Waals surface area contributed by atoms with E-state index < -0.39 is 0 Å². The van der Waals surface area contributed by atoms with Crippen LogP contribution in [-0.4, -0.2) is 57.3 Å². The number of hydrogen-bond donors (Lipinski definition) is 0. The Morgan fingerprint density at radius 3 is 0.638 bits per heavy atom. The minimum Gasteiger partial charge on any atom is -0.309 e. The van der Waals surface area contributed by atoms with Crippen molar-refractivity contribution in [2.45, 2.75) is 0 Å². The van der Waals surface area contributed by atoms with Crippen LogP contribution in [0.15, 0.2) is 497 Å². The maximum absolute atomic E-state index is 5.44. The Bertz CT molecular complexity index is 9520. The zero-order valence-corrected chi connectivity index (χ0v) is 74.7. The van der Waals surface area contributed by atoms with Crippen LogP contribution in [0.4, 0.5) is 0 Å². The van der Waals surface area contributed by atoms with Crippen LogP contribution in [-0.2, 0) is 0 Å². The maximum atomic E-state index is 5.44. The molecule has 0 amide bonds. The molecule has 12 heteroatoms. The molecule has 28 aromatic rings. The smallest absolute Gasteiger partial charge is 0.160 e. The molecule has 12 nitrogen and oxygen atoms in total. The number of benzene rings is 19. The van der Waals surface area contributed by atoms with Crippen LogP contribution in [0.25, 0.3) is 244 Å². The topological polar surface area (TPSA) is 107 Å². The molecule has 0 spiro atoms. The second-order valence-corrected chi connectivity index (χ2v) is 34.8. The fourth-order valence-corrected chi connectivity index (χ4v) is 20.6. The van der Waals surface area contributed by atoms with Gasteiger partial charge in [-0.3, -0.25) is 0 Å². The Morgan fingerprint density at radius 1 is 0.123 bits per heavy atom. The van der Waals surface area contributed by atoms with E-state index >= 15 is 0 Å². The van der Waals surface area contributed by atoms with Gasteiger partial charge in [-0.1, -0.05) is 340 Å². The Labute approximate surface area is 793 Å². The Hall–Kier alpha value is -18.8. The minimum atomic E-state index is 0.703. The molecule has 9 aromatic heterocycles. The number of rotatable bonds is 13. The Kier molecular flexibility index (Phi) is 19.6. The predicted molar refractivity (Wildman–Crippen MR) is 570 cm³/mol. The number of hydrogen-bond acceptors (Lipinski definition) is 6. The van der Waals surface area contributed by atoms with Gasteiger partial charge in [0.25, 0.3) is 0 Å². The van der Waals surface area contributed by atoms with Gasteiger partial charge >= 0.3 is 0 Å². The van der Waals surface area contributed by atoms with E-state index in [4.69, 9.17) is 29.9 Å². The monoisotopic (exact) mass is 1760 g/mol. The molecular weight excluding hydrogens is 1680 g/mol. The molecule has 0 bridgehead atoms. The fourth-order valence-electron chi connectivity index (χ4n) is 20.6. The predicted octanol–water partition coefficient (Wildman–Crippen LogP) is 31.7. The molecule has 646 valence electrons. The van der Waals surface area contributed by atoms with Crippen molar-refractivity contribution in [3.63, 3.8) is 0 Å². The average Bonchev–Trinajstić information content (AvgIpc) is 1.56. The zero-order chi connectivity index (χ0) is 91.1. The molecule has 0 atom stereocenters. The van der Waals surface area contributed by atoms with Crippen molar-refractivity contribution >= 4 is 131 Å². The summed E-state index contributed by atoms with van der Waals surface area (Å²) in [6.45, 7) is 0. The minimum absolute atomic E-state index is 0.703. The third-order valence-corrected chi connectivity index (χ3v) is 26.8. The van der Waals surface area contributed by atoms with Gasteiger partial charge in [0.15, 0.2) is 17.5 Å². The third-order valence-electron chi connectivity index (χ3n) is 26.8. The van der Waals surface area contributed by atoms with Crippen LogP contribution in [0.1, 0.15) is 0 Å². The van der Waals surface area contributed by atoms with Gasteiger partial charge in [0, 0.05) is 116 Å². The Morgan fingerprint density at radius 2 is 0.319 bits per heavy atom. The first-order valence-corrected chi connectivity index (χ1v) is 46.7. The molecule has 0 aliphatic rings. The van der Waals surface area contributed by atoms with Crippen molar-refractivity contribution in [2.75, 3.05) is 0 Å². The van der Waals surface area contributed by atoms with Crippen LogP contribution in [0.3, 0.4) is 0 Å². The van der Waals surface area contributed by atoms with E-state index in [2.05, 4.69) is 501 Å². The molecule has 28 rings (SSSR count). The molecule has 138 heavy (non-hydrogen) atoms. The van der Waals surface area contributed by atoms with Gasteiger partial charge < -0.3 is 27.4 Å². The third kappa shape index (κ3) is 13.7. The Balaban J connectivity index is 0.000000107. The van der Waals surface area contributed by atoms with Crippen molar-refractivity contribution < 1.29 is 0 Å². The van der Waals surface area contributed by atoms with Crippen molar-refractivity contribution in [2.24, 2.45) is 0 Å². The van der Waals surface area contributed by atoms with Crippen LogP contribution in [0.2, 0.25) is 0 Å². The molecule has 19 aromatic carbocycles. The van der Waals surface area contributed by atoms with Gasteiger partial charge in [-0.25, -0.2) is 29.9 Å². The first-order valence-electron chi connectivity index (χ1n) is 46.7. The van der Waals surface area contributed by atoms with Crippen molar-refractivity contribution in [3.05, 3.63) is 497 Å². The maximum Gasteiger partial charge on any atom is 0.160 e. The molecule has 0 radical (unpaired) electrons. The van der Waals surface area contributed by atoms with Crippen LogP contribution < -0.4 is 0 Å². The van der Waals surface area contributed by atoms with Gasteiger partial charge in [0.2, 0.25) is 0 Å². The fraction of sp³-hybridized carbons (Fsp3) is 0. The zero-order valence-electron chi connectivity index (χ0n) is 74.7. The lowest BCUT2D eigenvalue weighted by Gasteiger charge is -2.13. The summed E-state index contributed by atoms with van der Waals surface area (Å²) in [5, 5.41) is 10.5. The highest BCUT2D eigenvalue weighted by atomic mass is 15.1. The van der Waals surface area contributed by atoms with Crippen molar-refractivity contribution in [1.82, 2.24) is 57.3 Å². The number of aromatic nitrogens is 12. The number of nitrogens with zero attached hydrogens (tertiary/aromatic N) is 12. The lowest BCUT2D eigenvalue weighted by atomic mass is 10.0. The highest BCUT2D eigenvalue weighted by molar-refractivity contribution is 6.18. The molecule has 0 N–H and O–H groups in total. The van der Waals surface area contributed by atoms with Gasteiger partial charge in [0.1, 0.15) is 16.6 Å². The van der Waals surface area contributed by atoms with Crippen LogP contribution in [0, 0.1) is 0 Å². The quantitative estimate of drug-likeness (QED) is 0.114. The van der Waals surface area contributed by atoms with Gasteiger partial charge in [0.05, 0.1) is 83.3 Å². The highest BCUT2D eigenvalue weighted by Gasteiger charge is 2.28. The SMILES string of the molecule is c1ccc(-c2ccc(-c3nc(-c4ccc5c(c4)c4ccccc4n5-c4ccccc4)nc4c5ccccc5n(-c5ccccc5)c34)cc2)cc1.c1ccc(-c2nc(-c3ccc4c(c3)c3ccccc3n4-c3ccccc3)c3c(n2)c2ccccc2n3-c2ccccc2)cc1.c1ccc(-c2nc(-c3ccc4c(c3)c3ccccc3n4-c3ccccc3)nc3c4ccccc4n(-c4ccccc4)c23)cc1. The first-order chi connectivity index (χ1) is 68.5. The second kappa shape index (κ2) is 33.8. The molecule has 0 saturated carbocycles. The normalized spacial score (nSPS) is 11.6. The number of fused-ring (bicyclic) bond motifs is 18. The van der Waals surface area contributed by atoms with Crippen molar-refractivity contribution in [1.29, 1.82) is 0 Å². The average molecular weight is 1760 g/mol. The van der Waals surface area contributed by atoms with E-state index in [0.717, 1.165) is 167 Å². The molecular formula is C126H82N12. The van der Waals surface area contributed by atoms with E-state index in [9.17, 15) is 0 Å². The van der Waals surface area contributed by atoms with E-state index in [1.165, 1.54) is 65.5 Å². The summed E-state index contributed by atoms with van der Waals surface area (Å²) in [5.74, 6) is 2.13. The van der Waals surface area contributed by atoms with Crippen LogP contribution in [0.5, 0.6) is 0 Å². The largest absolute Gasteiger partial charge is 0.309 e. The summed E-state index contributed by atoms with van der Waals surface area (Å²) >= 11 is 0. The number of para-hydroxylation sites is 12. The molecule has 9 heterocycles. The highest BCUT2D eigenvalue weighted by Crippen LogP contribution is 2.46. The lowest BCUT2D eigenvalue weighted by Crippen LogP contribution is -2.00. The molecule has 0 aliphatic heterocycles. The summed E-state index contributed by atoms with van der Waals surface area (Å²) in [5.41, 5.74) is 34.0. The molecule has 0 unspecified atom stereocenters. The summed E-state index contributed by atoms with van der Waals surface area (Å²) in [6, 6.07) is 175. The standard InChI is InChI=1S/C46H30N4.2C40H26N4/c1-4-14-31(15-5-1)32-24-26-33(27-25-32)43-45-44(38-21-11-13-23-41(38)50(45)36-18-8-3-9-19-36)48-46(47-43)34-28-29-42-39(30-34)37-20-10-12-22-40(37)49(42)35-16-6-2-7-17-35;1-4-14-27(15-5-1)40-41-37(39-38(42-40)32-21-11-13-23-35(32)44(39)30-18-8-3-9-19-30)28-24-25-36-33(26-28)31-20-10-12-22-34(31)43(36)29-16-6-2-7-17-29;1-4-14-27(15-5-1)37-39-38(32-21-11-13-23-35(32)44(39)30-18-8-3-9-19-30)42-40(41-37)28-24-25-36-33(26-28)31-20-10-12-22-34(31)43(36)29-16-6-2-7-17-29/h1-30H;2*1-26H. The van der Waals surface area contributed by atoms with E-state index in [0.29, 0.717) is 11.6 Å². The van der Waals surface area contributed by atoms with E-state index in [1.807, 2.05) is 24.3 Å². The van der Waals surface area contributed by atoms with Crippen LogP contribution >= 0.6 is 0 Å².